The third-order valence-corrected chi connectivity index (χ3v) is 5.18. The molecule has 1 aliphatic rings. The zero-order valence-electron chi connectivity index (χ0n) is 13.4. The summed E-state index contributed by atoms with van der Waals surface area (Å²) in [4.78, 5) is 13.8. The molecule has 0 aromatic carbocycles. The second-order valence-corrected chi connectivity index (χ2v) is 6.30. The molecule has 3 N–H and O–H groups in total. The summed E-state index contributed by atoms with van der Waals surface area (Å²) in [6.07, 6.45) is 5.89. The van der Waals surface area contributed by atoms with E-state index in [2.05, 4.69) is 25.7 Å². The van der Waals surface area contributed by atoms with Gasteiger partial charge in [0.15, 0.2) is 0 Å². The van der Waals surface area contributed by atoms with Gasteiger partial charge in [-0.2, -0.15) is 0 Å². The zero-order valence-corrected chi connectivity index (χ0v) is 13.4. The van der Waals surface area contributed by atoms with Crippen LogP contribution in [0.5, 0.6) is 0 Å². The number of aliphatic carboxylic acids is 1. The van der Waals surface area contributed by atoms with Gasteiger partial charge >= 0.3 is 5.97 Å². The molecule has 2 atom stereocenters. The third kappa shape index (κ3) is 4.19. The number of hydrogen-bond donors (Lipinski definition) is 2. The molecule has 1 rings (SSSR count). The van der Waals surface area contributed by atoms with Gasteiger partial charge in [-0.15, -0.1) is 0 Å². The Morgan fingerprint density at radius 2 is 2.05 bits per heavy atom. The average Bonchev–Trinajstić information content (AvgIpc) is 2.82. The van der Waals surface area contributed by atoms with Crippen LogP contribution < -0.4 is 5.73 Å². The van der Waals surface area contributed by atoms with Crippen molar-refractivity contribution >= 4 is 5.97 Å². The van der Waals surface area contributed by atoms with Crippen LogP contribution in [0.2, 0.25) is 0 Å². The van der Waals surface area contributed by atoms with Gasteiger partial charge in [0.1, 0.15) is 5.54 Å². The Kier molecular flexibility index (Phi) is 6.96. The fourth-order valence-electron chi connectivity index (χ4n) is 3.42. The van der Waals surface area contributed by atoms with Gasteiger partial charge in [-0.05, 0) is 44.2 Å². The lowest BCUT2D eigenvalue weighted by molar-refractivity contribution is -0.144. The predicted octanol–water partition coefficient (Wildman–Crippen LogP) is 2.72. The first-order chi connectivity index (χ1) is 9.47. The van der Waals surface area contributed by atoms with Crippen LogP contribution in [0.1, 0.15) is 59.3 Å². The van der Waals surface area contributed by atoms with Crippen LogP contribution in [0.15, 0.2) is 0 Å². The molecule has 118 valence electrons. The van der Waals surface area contributed by atoms with E-state index in [1.165, 1.54) is 12.8 Å². The van der Waals surface area contributed by atoms with Crippen molar-refractivity contribution in [3.63, 3.8) is 0 Å². The van der Waals surface area contributed by atoms with E-state index in [9.17, 15) is 9.90 Å². The predicted molar refractivity (Wildman–Crippen MR) is 82.7 cm³/mol. The van der Waals surface area contributed by atoms with Gasteiger partial charge in [0.2, 0.25) is 0 Å². The zero-order chi connectivity index (χ0) is 15.2. The van der Waals surface area contributed by atoms with E-state index in [0.29, 0.717) is 6.42 Å². The molecule has 4 nitrogen and oxygen atoms in total. The van der Waals surface area contributed by atoms with E-state index in [1.54, 1.807) is 0 Å². The lowest BCUT2D eigenvalue weighted by Crippen LogP contribution is -2.51. The highest BCUT2D eigenvalue weighted by Crippen LogP contribution is 2.36. The topological polar surface area (TPSA) is 66.6 Å². The molecule has 0 amide bonds. The minimum absolute atomic E-state index is 0.135. The van der Waals surface area contributed by atoms with E-state index in [1.807, 2.05) is 0 Å². The molecule has 2 unspecified atom stereocenters. The molecule has 4 heteroatoms. The van der Waals surface area contributed by atoms with Crippen molar-refractivity contribution in [2.24, 2.45) is 17.6 Å². The molecule has 0 heterocycles. The largest absolute Gasteiger partial charge is 0.480 e. The van der Waals surface area contributed by atoms with Gasteiger partial charge in [0.25, 0.3) is 0 Å². The Morgan fingerprint density at radius 1 is 1.40 bits per heavy atom. The smallest absolute Gasteiger partial charge is 0.323 e. The quantitative estimate of drug-likeness (QED) is 0.683. The number of nitrogens with two attached hydrogens (primary N) is 1. The molecule has 0 bridgehead atoms. The van der Waals surface area contributed by atoms with E-state index in [-0.39, 0.29) is 5.92 Å². The summed E-state index contributed by atoms with van der Waals surface area (Å²) in [5, 5.41) is 9.35. The van der Waals surface area contributed by atoms with E-state index in [0.717, 1.165) is 44.8 Å². The van der Waals surface area contributed by atoms with Gasteiger partial charge in [-0.1, -0.05) is 40.0 Å². The fraction of sp³-hybridized carbons (Fsp3) is 0.938. The first kappa shape index (κ1) is 17.4. The van der Waals surface area contributed by atoms with Gasteiger partial charge in [-0.3, -0.25) is 4.79 Å². The number of carboxylic acid groups (broad SMARTS) is 1. The van der Waals surface area contributed by atoms with Gasteiger partial charge in [0, 0.05) is 6.54 Å². The highest BCUT2D eigenvalue weighted by molar-refractivity contribution is 5.79. The molecule has 0 aromatic heterocycles. The van der Waals surface area contributed by atoms with Crippen molar-refractivity contribution in [3.8, 4) is 0 Å². The number of carbonyl (C=O) groups is 1. The van der Waals surface area contributed by atoms with E-state index < -0.39 is 11.5 Å². The van der Waals surface area contributed by atoms with E-state index >= 15 is 0 Å². The number of rotatable bonds is 9. The highest BCUT2D eigenvalue weighted by atomic mass is 16.4. The lowest BCUT2D eigenvalue weighted by Gasteiger charge is -2.30. The van der Waals surface area contributed by atoms with Gasteiger partial charge in [0.05, 0.1) is 0 Å². The monoisotopic (exact) mass is 284 g/mol. The summed E-state index contributed by atoms with van der Waals surface area (Å²) in [6, 6.07) is 0. The minimum Gasteiger partial charge on any atom is -0.480 e. The summed E-state index contributed by atoms with van der Waals surface area (Å²) < 4.78 is 0. The fourth-order valence-corrected chi connectivity index (χ4v) is 3.42. The Labute approximate surface area is 123 Å². The molecule has 1 fully saturated rings. The molecule has 0 aliphatic heterocycles. The van der Waals surface area contributed by atoms with Gasteiger partial charge in [-0.25, -0.2) is 0 Å². The summed E-state index contributed by atoms with van der Waals surface area (Å²) in [5.41, 5.74) is 5.13. The molecule has 0 aromatic rings. The number of hydrogen-bond acceptors (Lipinski definition) is 3. The van der Waals surface area contributed by atoms with Crippen LogP contribution in [-0.2, 0) is 4.79 Å². The second-order valence-electron chi connectivity index (χ2n) is 6.30. The number of carboxylic acids is 1. The average molecular weight is 284 g/mol. The van der Waals surface area contributed by atoms with Crippen molar-refractivity contribution < 1.29 is 9.90 Å². The lowest BCUT2D eigenvalue weighted by atomic mass is 9.85. The summed E-state index contributed by atoms with van der Waals surface area (Å²) in [7, 11) is 0. The van der Waals surface area contributed by atoms with Crippen molar-refractivity contribution in [2.75, 3.05) is 19.6 Å². The minimum atomic E-state index is -0.978. The molecule has 1 aliphatic carbocycles. The van der Waals surface area contributed by atoms with Crippen molar-refractivity contribution in [2.45, 2.75) is 64.8 Å². The maximum atomic E-state index is 11.4. The van der Waals surface area contributed by atoms with Crippen LogP contribution in [-0.4, -0.2) is 41.1 Å². The maximum absolute atomic E-state index is 11.4. The van der Waals surface area contributed by atoms with Crippen LogP contribution in [0.4, 0.5) is 0 Å². The Hall–Kier alpha value is -0.610. The van der Waals surface area contributed by atoms with Crippen LogP contribution in [0.3, 0.4) is 0 Å². The first-order valence-corrected chi connectivity index (χ1v) is 8.22. The Morgan fingerprint density at radius 3 is 2.55 bits per heavy atom. The molecular weight excluding hydrogens is 252 g/mol. The number of nitrogens with zero attached hydrogens (tertiary/aromatic N) is 1. The molecule has 20 heavy (non-hydrogen) atoms. The third-order valence-electron chi connectivity index (χ3n) is 5.18. The normalized spacial score (nSPS) is 26.6. The van der Waals surface area contributed by atoms with Crippen molar-refractivity contribution in [1.82, 2.24) is 4.90 Å². The highest BCUT2D eigenvalue weighted by Gasteiger charge is 2.45. The van der Waals surface area contributed by atoms with Crippen molar-refractivity contribution in [3.05, 3.63) is 0 Å². The molecular formula is C16H32N2O2. The molecule has 0 saturated heterocycles. The first-order valence-electron chi connectivity index (χ1n) is 8.22. The Balaban J connectivity index is 2.49. The molecule has 0 radical (unpaired) electrons. The Bertz CT molecular complexity index is 305. The summed E-state index contributed by atoms with van der Waals surface area (Å²) in [6.45, 7) is 9.81. The SMILES string of the molecule is CCC(CC)CN(CC)CCC1CCCC1(N)C(=O)O. The van der Waals surface area contributed by atoms with Crippen LogP contribution >= 0.6 is 0 Å². The standard InChI is InChI=1S/C16H32N2O2/c1-4-13(5-2)12-18(6-3)11-9-14-8-7-10-16(14,17)15(19)20/h13-14H,4-12,17H2,1-3H3,(H,19,20). The molecule has 0 spiro atoms. The van der Waals surface area contributed by atoms with Crippen LogP contribution in [0.25, 0.3) is 0 Å². The van der Waals surface area contributed by atoms with E-state index in [4.69, 9.17) is 5.73 Å². The summed E-state index contributed by atoms with van der Waals surface area (Å²) >= 11 is 0. The van der Waals surface area contributed by atoms with Crippen LogP contribution in [0, 0.1) is 11.8 Å². The van der Waals surface area contributed by atoms with Crippen molar-refractivity contribution in [1.29, 1.82) is 0 Å². The van der Waals surface area contributed by atoms with Gasteiger partial charge < -0.3 is 15.7 Å². The second kappa shape index (κ2) is 7.99. The molecule has 1 saturated carbocycles. The summed E-state index contributed by atoms with van der Waals surface area (Å²) in [5.74, 6) is 0.0689. The maximum Gasteiger partial charge on any atom is 0.323 e.